The Morgan fingerprint density at radius 1 is 0.833 bits per heavy atom. The quantitative estimate of drug-likeness (QED) is 0.537. The van der Waals surface area contributed by atoms with Crippen molar-refractivity contribution in [3.05, 3.63) is 56.5 Å². The molecule has 0 fully saturated rings. The zero-order chi connectivity index (χ0) is 17.5. The molecule has 2 aromatic rings. The summed E-state index contributed by atoms with van der Waals surface area (Å²) >= 11 is 7.05. The number of aryl methyl sites for hydroxylation is 2. The van der Waals surface area contributed by atoms with E-state index in [4.69, 9.17) is 9.47 Å². The molecular formula is C19H20Br2O3. The van der Waals surface area contributed by atoms with Crippen LogP contribution in [-0.2, 0) is 17.6 Å². The van der Waals surface area contributed by atoms with E-state index in [1.165, 1.54) is 0 Å². The molecule has 0 amide bonds. The van der Waals surface area contributed by atoms with E-state index in [1.54, 1.807) is 14.2 Å². The Balaban J connectivity index is 1.85. The van der Waals surface area contributed by atoms with E-state index in [1.807, 2.05) is 36.4 Å². The molecular weight excluding hydrogens is 436 g/mol. The molecule has 0 saturated heterocycles. The van der Waals surface area contributed by atoms with Gasteiger partial charge in [-0.05, 0) is 48.2 Å². The Labute approximate surface area is 159 Å². The average molecular weight is 456 g/mol. The molecule has 0 radical (unpaired) electrons. The standard InChI is InChI=1S/C19H20Br2O3/c1-23-16-9-5-13(18(20)11-16)3-7-15(22)8-4-14-6-10-17(24-2)12-19(14)21/h5-6,9-12H,3-4,7-8H2,1-2H3. The SMILES string of the molecule is COc1ccc(CCC(=O)CCc2ccc(OC)cc2Br)c(Br)c1. The molecule has 0 saturated carbocycles. The molecule has 0 spiro atoms. The third-order valence-corrected chi connectivity index (χ3v) is 5.34. The molecule has 0 N–H and O–H groups in total. The van der Waals surface area contributed by atoms with Gasteiger partial charge in [-0.1, -0.05) is 44.0 Å². The first-order valence-electron chi connectivity index (χ1n) is 7.70. The number of ketones is 1. The van der Waals surface area contributed by atoms with Crippen LogP contribution >= 0.6 is 31.9 Å². The zero-order valence-electron chi connectivity index (χ0n) is 13.8. The summed E-state index contributed by atoms with van der Waals surface area (Å²) in [4.78, 5) is 12.2. The number of Topliss-reactive ketones (excluding diaryl/α,β-unsaturated/α-hetero) is 1. The smallest absolute Gasteiger partial charge is 0.133 e. The Hall–Kier alpha value is -1.33. The van der Waals surface area contributed by atoms with Gasteiger partial charge < -0.3 is 9.47 Å². The lowest BCUT2D eigenvalue weighted by atomic mass is 10.0. The van der Waals surface area contributed by atoms with Crippen molar-refractivity contribution in [1.29, 1.82) is 0 Å². The molecule has 2 rings (SSSR count). The number of rotatable bonds is 8. The van der Waals surface area contributed by atoms with Crippen LogP contribution in [0, 0.1) is 0 Å². The molecule has 0 atom stereocenters. The van der Waals surface area contributed by atoms with Crippen molar-refractivity contribution in [3.8, 4) is 11.5 Å². The summed E-state index contributed by atoms with van der Waals surface area (Å²) in [6, 6.07) is 11.7. The zero-order valence-corrected chi connectivity index (χ0v) is 16.9. The van der Waals surface area contributed by atoms with Crippen molar-refractivity contribution in [2.75, 3.05) is 14.2 Å². The van der Waals surface area contributed by atoms with Crippen LogP contribution in [0.2, 0.25) is 0 Å². The Bertz CT molecular complexity index is 654. The fraction of sp³-hybridized carbons (Fsp3) is 0.316. The van der Waals surface area contributed by atoms with Crippen molar-refractivity contribution in [3.63, 3.8) is 0 Å². The predicted octanol–water partition coefficient (Wildman–Crippen LogP) is 5.36. The molecule has 5 heteroatoms. The Morgan fingerprint density at radius 2 is 1.25 bits per heavy atom. The van der Waals surface area contributed by atoms with Gasteiger partial charge in [-0.2, -0.15) is 0 Å². The molecule has 0 aliphatic carbocycles. The van der Waals surface area contributed by atoms with Crippen LogP contribution < -0.4 is 9.47 Å². The first-order chi connectivity index (χ1) is 11.5. The van der Waals surface area contributed by atoms with Crippen LogP contribution in [0.15, 0.2) is 45.3 Å². The molecule has 0 bridgehead atoms. The second-order valence-electron chi connectivity index (χ2n) is 5.45. The Kier molecular flexibility index (Phi) is 7.31. The molecule has 128 valence electrons. The minimum absolute atomic E-state index is 0.264. The molecule has 0 unspecified atom stereocenters. The van der Waals surface area contributed by atoms with Crippen LogP contribution in [0.25, 0.3) is 0 Å². The first-order valence-corrected chi connectivity index (χ1v) is 9.28. The maximum atomic E-state index is 12.2. The van der Waals surface area contributed by atoms with Gasteiger partial charge in [0, 0.05) is 21.8 Å². The third-order valence-electron chi connectivity index (χ3n) is 3.87. The van der Waals surface area contributed by atoms with Gasteiger partial charge in [-0.3, -0.25) is 4.79 Å². The van der Waals surface area contributed by atoms with Crippen molar-refractivity contribution in [1.82, 2.24) is 0 Å². The van der Waals surface area contributed by atoms with E-state index in [0.717, 1.165) is 44.4 Å². The number of benzene rings is 2. The topological polar surface area (TPSA) is 35.5 Å². The second kappa shape index (κ2) is 9.23. The van der Waals surface area contributed by atoms with Gasteiger partial charge >= 0.3 is 0 Å². The fourth-order valence-corrected chi connectivity index (χ4v) is 3.50. The number of carbonyl (C=O) groups is 1. The largest absolute Gasteiger partial charge is 0.497 e. The van der Waals surface area contributed by atoms with Crippen molar-refractivity contribution in [2.45, 2.75) is 25.7 Å². The number of methoxy groups -OCH3 is 2. The highest BCUT2D eigenvalue weighted by Gasteiger charge is 2.09. The minimum atomic E-state index is 0.264. The van der Waals surface area contributed by atoms with Crippen LogP contribution in [0.5, 0.6) is 11.5 Å². The molecule has 0 aliphatic heterocycles. The van der Waals surface area contributed by atoms with Crippen LogP contribution in [0.1, 0.15) is 24.0 Å². The summed E-state index contributed by atoms with van der Waals surface area (Å²) in [7, 11) is 3.28. The lowest BCUT2D eigenvalue weighted by molar-refractivity contribution is -0.119. The third kappa shape index (κ3) is 5.35. The number of ether oxygens (including phenoxy) is 2. The van der Waals surface area contributed by atoms with E-state index in [0.29, 0.717) is 12.8 Å². The number of hydrogen-bond acceptors (Lipinski definition) is 3. The summed E-state index contributed by atoms with van der Waals surface area (Å²) < 4.78 is 12.3. The van der Waals surface area contributed by atoms with E-state index in [2.05, 4.69) is 31.9 Å². The summed E-state index contributed by atoms with van der Waals surface area (Å²) in [6.45, 7) is 0. The van der Waals surface area contributed by atoms with E-state index >= 15 is 0 Å². The molecule has 0 aromatic heterocycles. The van der Waals surface area contributed by atoms with Gasteiger partial charge in [-0.15, -0.1) is 0 Å². The predicted molar refractivity (Wildman–Crippen MR) is 103 cm³/mol. The number of hydrogen-bond donors (Lipinski definition) is 0. The van der Waals surface area contributed by atoms with Crippen LogP contribution in [0.3, 0.4) is 0 Å². The fourth-order valence-electron chi connectivity index (χ4n) is 2.39. The molecule has 24 heavy (non-hydrogen) atoms. The minimum Gasteiger partial charge on any atom is -0.497 e. The second-order valence-corrected chi connectivity index (χ2v) is 7.16. The maximum Gasteiger partial charge on any atom is 0.133 e. The summed E-state index contributed by atoms with van der Waals surface area (Å²) in [5, 5.41) is 0. The highest BCUT2D eigenvalue weighted by Crippen LogP contribution is 2.25. The molecule has 0 heterocycles. The lowest BCUT2D eigenvalue weighted by Gasteiger charge is -2.08. The van der Waals surface area contributed by atoms with E-state index < -0.39 is 0 Å². The highest BCUT2D eigenvalue weighted by molar-refractivity contribution is 9.10. The normalized spacial score (nSPS) is 10.5. The van der Waals surface area contributed by atoms with Gasteiger partial charge in [0.15, 0.2) is 0 Å². The van der Waals surface area contributed by atoms with E-state index in [9.17, 15) is 4.79 Å². The first kappa shape index (κ1) is 19.0. The monoisotopic (exact) mass is 454 g/mol. The van der Waals surface area contributed by atoms with Gasteiger partial charge in [0.25, 0.3) is 0 Å². The summed E-state index contributed by atoms with van der Waals surface area (Å²) in [5.41, 5.74) is 2.24. The van der Waals surface area contributed by atoms with Gasteiger partial charge in [0.05, 0.1) is 14.2 Å². The van der Waals surface area contributed by atoms with Crippen molar-refractivity contribution >= 4 is 37.6 Å². The van der Waals surface area contributed by atoms with Crippen LogP contribution in [-0.4, -0.2) is 20.0 Å². The number of carbonyl (C=O) groups excluding carboxylic acids is 1. The maximum absolute atomic E-state index is 12.2. The molecule has 0 aliphatic rings. The van der Waals surface area contributed by atoms with E-state index in [-0.39, 0.29) is 5.78 Å². The van der Waals surface area contributed by atoms with Gasteiger partial charge in [0.2, 0.25) is 0 Å². The average Bonchev–Trinajstić information content (AvgIpc) is 2.59. The van der Waals surface area contributed by atoms with Gasteiger partial charge in [0.1, 0.15) is 17.3 Å². The van der Waals surface area contributed by atoms with Crippen molar-refractivity contribution < 1.29 is 14.3 Å². The molecule has 2 aromatic carbocycles. The highest BCUT2D eigenvalue weighted by atomic mass is 79.9. The number of halogens is 2. The van der Waals surface area contributed by atoms with Crippen molar-refractivity contribution in [2.24, 2.45) is 0 Å². The molecule has 3 nitrogen and oxygen atoms in total. The summed E-state index contributed by atoms with van der Waals surface area (Å²) in [6.07, 6.45) is 2.54. The Morgan fingerprint density at radius 3 is 1.58 bits per heavy atom. The summed E-state index contributed by atoms with van der Waals surface area (Å²) in [5.74, 6) is 1.88. The van der Waals surface area contributed by atoms with Crippen LogP contribution in [0.4, 0.5) is 0 Å². The van der Waals surface area contributed by atoms with Gasteiger partial charge in [-0.25, -0.2) is 0 Å². The lowest BCUT2D eigenvalue weighted by Crippen LogP contribution is -2.03.